The molecule has 0 saturated carbocycles. The molecule has 0 fully saturated rings. The first-order valence-electron chi connectivity index (χ1n) is 7.79. The van der Waals surface area contributed by atoms with Gasteiger partial charge in [0.1, 0.15) is 11.1 Å². The van der Waals surface area contributed by atoms with Crippen LogP contribution in [0.4, 0.5) is 5.69 Å². The van der Waals surface area contributed by atoms with Crippen LogP contribution < -0.4 is 5.32 Å². The van der Waals surface area contributed by atoms with Gasteiger partial charge >= 0.3 is 0 Å². The van der Waals surface area contributed by atoms with Gasteiger partial charge in [0.15, 0.2) is 0 Å². The quantitative estimate of drug-likeness (QED) is 0.825. The molecule has 0 atom stereocenters. The van der Waals surface area contributed by atoms with Gasteiger partial charge in [-0.05, 0) is 51.0 Å². The van der Waals surface area contributed by atoms with Crippen LogP contribution in [0.1, 0.15) is 34.4 Å². The van der Waals surface area contributed by atoms with Crippen molar-refractivity contribution in [1.29, 1.82) is 5.26 Å². The highest BCUT2D eigenvalue weighted by Crippen LogP contribution is 2.26. The highest BCUT2D eigenvalue weighted by Gasteiger charge is 2.13. The summed E-state index contributed by atoms with van der Waals surface area (Å²) in [7, 11) is 0. The molecule has 1 amide bonds. The van der Waals surface area contributed by atoms with Crippen molar-refractivity contribution < 1.29 is 4.79 Å². The van der Waals surface area contributed by atoms with Crippen LogP contribution in [-0.4, -0.2) is 16.6 Å². The summed E-state index contributed by atoms with van der Waals surface area (Å²) in [5.74, 6) is 0.548. The van der Waals surface area contributed by atoms with Crippen molar-refractivity contribution in [2.75, 3.05) is 11.1 Å². The van der Waals surface area contributed by atoms with E-state index in [9.17, 15) is 10.1 Å². The molecular formula is C19H21N3OS. The first kappa shape index (κ1) is 18.0. The lowest BCUT2D eigenvalue weighted by molar-refractivity contribution is -0.115. The molecule has 0 bridgehead atoms. The Kier molecular flexibility index (Phi) is 5.99. The fraction of sp³-hybridized carbons (Fsp3) is 0.316. The number of benzene rings is 1. The summed E-state index contributed by atoms with van der Waals surface area (Å²) in [5, 5.41) is 12.9. The van der Waals surface area contributed by atoms with Gasteiger partial charge in [-0.1, -0.05) is 17.7 Å². The Morgan fingerprint density at radius 3 is 2.46 bits per heavy atom. The average molecular weight is 339 g/mol. The van der Waals surface area contributed by atoms with Gasteiger partial charge in [0.2, 0.25) is 5.91 Å². The van der Waals surface area contributed by atoms with Crippen molar-refractivity contribution in [3.8, 4) is 6.07 Å². The molecule has 1 aromatic heterocycles. The molecule has 0 radical (unpaired) electrons. The number of hydrogen-bond donors (Lipinski definition) is 1. The van der Waals surface area contributed by atoms with Crippen LogP contribution in [0.2, 0.25) is 0 Å². The highest BCUT2D eigenvalue weighted by atomic mass is 32.2. The van der Waals surface area contributed by atoms with E-state index in [1.165, 1.54) is 11.8 Å². The standard InChI is InChI=1S/C19H21N3OS/c1-12-5-7-16(8-6-12)22-18(23)9-10-24-19-17(11-20)14(3)13(2)15(4)21-19/h5-8H,9-10H2,1-4H3,(H,22,23). The molecule has 4 nitrogen and oxygen atoms in total. The van der Waals surface area contributed by atoms with E-state index in [0.717, 1.165) is 28.1 Å². The Labute approximate surface area is 147 Å². The van der Waals surface area contributed by atoms with Crippen molar-refractivity contribution in [2.45, 2.75) is 39.1 Å². The average Bonchev–Trinajstić information content (AvgIpc) is 2.55. The number of aromatic nitrogens is 1. The second kappa shape index (κ2) is 7.98. The number of hydrogen-bond acceptors (Lipinski definition) is 4. The fourth-order valence-electron chi connectivity index (χ4n) is 2.25. The first-order chi connectivity index (χ1) is 11.4. The number of anilines is 1. The number of carbonyl (C=O) groups is 1. The lowest BCUT2D eigenvalue weighted by Gasteiger charge is -2.11. The van der Waals surface area contributed by atoms with Crippen molar-refractivity contribution in [2.24, 2.45) is 0 Å². The molecule has 0 spiro atoms. The van der Waals surface area contributed by atoms with Gasteiger partial charge in [-0.15, -0.1) is 11.8 Å². The van der Waals surface area contributed by atoms with Gasteiger partial charge < -0.3 is 5.32 Å². The highest BCUT2D eigenvalue weighted by molar-refractivity contribution is 7.99. The van der Waals surface area contributed by atoms with Crippen LogP contribution in [0, 0.1) is 39.0 Å². The summed E-state index contributed by atoms with van der Waals surface area (Å²) in [4.78, 5) is 16.5. The molecule has 124 valence electrons. The minimum atomic E-state index is -0.0367. The first-order valence-corrected chi connectivity index (χ1v) is 8.78. The Hall–Kier alpha value is -2.32. The van der Waals surface area contributed by atoms with Gasteiger partial charge in [-0.25, -0.2) is 4.98 Å². The predicted molar refractivity (Wildman–Crippen MR) is 98.3 cm³/mol. The number of carbonyl (C=O) groups excluding carboxylic acids is 1. The SMILES string of the molecule is Cc1ccc(NC(=O)CCSc2nc(C)c(C)c(C)c2C#N)cc1. The molecule has 2 aromatic rings. The number of rotatable bonds is 5. The summed E-state index contributed by atoms with van der Waals surface area (Å²) in [6.45, 7) is 7.86. The zero-order valence-electron chi connectivity index (χ0n) is 14.4. The van der Waals surface area contributed by atoms with Crippen LogP contribution in [0.15, 0.2) is 29.3 Å². The minimum Gasteiger partial charge on any atom is -0.326 e. The minimum absolute atomic E-state index is 0.0367. The molecule has 5 heteroatoms. The summed E-state index contributed by atoms with van der Waals surface area (Å²) < 4.78 is 0. The normalized spacial score (nSPS) is 10.3. The molecule has 1 heterocycles. The Balaban J connectivity index is 1.96. The van der Waals surface area contributed by atoms with E-state index in [1.807, 2.05) is 52.0 Å². The zero-order chi connectivity index (χ0) is 17.7. The van der Waals surface area contributed by atoms with E-state index < -0.39 is 0 Å². The second-order valence-electron chi connectivity index (χ2n) is 5.75. The zero-order valence-corrected chi connectivity index (χ0v) is 15.3. The van der Waals surface area contributed by atoms with Crippen molar-refractivity contribution in [1.82, 2.24) is 4.98 Å². The number of aryl methyl sites for hydroxylation is 2. The monoisotopic (exact) mass is 339 g/mol. The third-order valence-corrected chi connectivity index (χ3v) is 4.96. The molecule has 0 saturated heterocycles. The summed E-state index contributed by atoms with van der Waals surface area (Å²) in [6, 6.07) is 9.94. The smallest absolute Gasteiger partial charge is 0.225 e. The van der Waals surface area contributed by atoms with E-state index in [4.69, 9.17) is 0 Å². The van der Waals surface area contributed by atoms with Crippen LogP contribution in [0.25, 0.3) is 0 Å². The van der Waals surface area contributed by atoms with Crippen LogP contribution in [0.3, 0.4) is 0 Å². The lowest BCUT2D eigenvalue weighted by Crippen LogP contribution is -2.12. The Morgan fingerprint density at radius 1 is 1.17 bits per heavy atom. The number of thioether (sulfide) groups is 1. The summed E-state index contributed by atoms with van der Waals surface area (Å²) in [6.07, 6.45) is 0.372. The van der Waals surface area contributed by atoms with Crippen molar-refractivity contribution in [3.63, 3.8) is 0 Å². The van der Waals surface area contributed by atoms with E-state index >= 15 is 0 Å². The molecular weight excluding hydrogens is 318 g/mol. The van der Waals surface area contributed by atoms with Crippen LogP contribution >= 0.6 is 11.8 Å². The van der Waals surface area contributed by atoms with Gasteiger partial charge in [0.25, 0.3) is 0 Å². The lowest BCUT2D eigenvalue weighted by atomic mass is 10.1. The number of amides is 1. The van der Waals surface area contributed by atoms with Crippen LogP contribution in [-0.2, 0) is 4.79 Å². The fourth-order valence-corrected chi connectivity index (χ4v) is 3.27. The molecule has 1 N–H and O–H groups in total. The third kappa shape index (κ3) is 4.36. The molecule has 24 heavy (non-hydrogen) atoms. The van der Waals surface area contributed by atoms with E-state index in [1.54, 1.807) is 0 Å². The molecule has 0 aliphatic heterocycles. The number of pyridine rings is 1. The topological polar surface area (TPSA) is 65.8 Å². The largest absolute Gasteiger partial charge is 0.326 e. The summed E-state index contributed by atoms with van der Waals surface area (Å²) >= 11 is 1.46. The van der Waals surface area contributed by atoms with Crippen LogP contribution in [0.5, 0.6) is 0 Å². The second-order valence-corrected chi connectivity index (χ2v) is 6.84. The van der Waals surface area contributed by atoms with Gasteiger partial charge in [-0.2, -0.15) is 5.26 Å². The van der Waals surface area contributed by atoms with E-state index in [0.29, 0.717) is 22.8 Å². The van der Waals surface area contributed by atoms with Gasteiger partial charge in [0, 0.05) is 23.6 Å². The van der Waals surface area contributed by atoms with Crippen molar-refractivity contribution >= 4 is 23.4 Å². The number of nitrogens with one attached hydrogen (secondary N) is 1. The molecule has 1 aromatic carbocycles. The maximum absolute atomic E-state index is 12.0. The molecule has 0 aliphatic carbocycles. The Morgan fingerprint density at radius 2 is 1.83 bits per heavy atom. The summed E-state index contributed by atoms with van der Waals surface area (Å²) in [5.41, 5.74) is 5.52. The van der Waals surface area contributed by atoms with Crippen molar-refractivity contribution in [3.05, 3.63) is 52.2 Å². The van der Waals surface area contributed by atoms with Gasteiger partial charge in [0.05, 0.1) is 5.56 Å². The Bertz CT molecular complexity index is 792. The van der Waals surface area contributed by atoms with Gasteiger partial charge in [-0.3, -0.25) is 4.79 Å². The molecule has 0 aliphatic rings. The maximum atomic E-state index is 12.0. The predicted octanol–water partition coefficient (Wildman–Crippen LogP) is 4.31. The van der Waals surface area contributed by atoms with E-state index in [2.05, 4.69) is 16.4 Å². The van der Waals surface area contributed by atoms with E-state index in [-0.39, 0.29) is 5.91 Å². The maximum Gasteiger partial charge on any atom is 0.225 e. The third-order valence-electron chi connectivity index (χ3n) is 3.98. The number of nitriles is 1. The molecule has 0 unspecified atom stereocenters. The number of nitrogens with zero attached hydrogens (tertiary/aromatic N) is 2. The molecule has 2 rings (SSSR count).